The van der Waals surface area contributed by atoms with Crippen LogP contribution in [0.25, 0.3) is 0 Å². The van der Waals surface area contributed by atoms with Gasteiger partial charge in [0.1, 0.15) is 0 Å². The highest BCUT2D eigenvalue weighted by Crippen LogP contribution is 2.31. The normalized spacial score (nSPS) is 10.2. The van der Waals surface area contributed by atoms with Gasteiger partial charge < -0.3 is 15.7 Å². The summed E-state index contributed by atoms with van der Waals surface area (Å²) in [6.45, 7) is 2.01. The van der Waals surface area contributed by atoms with Crippen molar-refractivity contribution in [1.29, 1.82) is 0 Å². The number of aromatic carboxylic acids is 1. The number of rotatable bonds is 3. The summed E-state index contributed by atoms with van der Waals surface area (Å²) in [5.74, 6) is -1.02. The van der Waals surface area contributed by atoms with Crippen LogP contribution < -0.4 is 10.6 Å². The SMILES string of the molecule is Cc1cccc(N(C)c2cccc(C(=O)O)c2N)c1. The largest absolute Gasteiger partial charge is 0.478 e. The first-order chi connectivity index (χ1) is 9.00. The van der Waals surface area contributed by atoms with Gasteiger partial charge in [0, 0.05) is 12.7 Å². The molecule has 0 saturated heterocycles. The molecule has 2 rings (SSSR count). The fourth-order valence-corrected chi connectivity index (χ4v) is 2.01. The van der Waals surface area contributed by atoms with Gasteiger partial charge in [-0.2, -0.15) is 0 Å². The number of carboxylic acids is 1. The predicted octanol–water partition coefficient (Wildman–Crippen LogP) is 3.04. The maximum Gasteiger partial charge on any atom is 0.337 e. The van der Waals surface area contributed by atoms with Crippen LogP contribution in [0.5, 0.6) is 0 Å². The van der Waals surface area contributed by atoms with Gasteiger partial charge in [0.25, 0.3) is 0 Å². The van der Waals surface area contributed by atoms with Crippen molar-refractivity contribution in [2.45, 2.75) is 6.92 Å². The highest BCUT2D eigenvalue weighted by atomic mass is 16.4. The van der Waals surface area contributed by atoms with Crippen LogP contribution in [0.3, 0.4) is 0 Å². The molecular formula is C15H16N2O2. The Bertz CT molecular complexity index is 623. The Labute approximate surface area is 112 Å². The highest BCUT2D eigenvalue weighted by molar-refractivity contribution is 5.97. The summed E-state index contributed by atoms with van der Waals surface area (Å²) in [5, 5.41) is 9.09. The van der Waals surface area contributed by atoms with Crippen LogP contribution in [-0.2, 0) is 0 Å². The van der Waals surface area contributed by atoms with E-state index in [4.69, 9.17) is 10.8 Å². The zero-order valence-corrected chi connectivity index (χ0v) is 10.9. The second-order valence-electron chi connectivity index (χ2n) is 4.44. The molecule has 0 bridgehead atoms. The lowest BCUT2D eigenvalue weighted by Gasteiger charge is -2.22. The first-order valence-electron chi connectivity index (χ1n) is 5.93. The minimum Gasteiger partial charge on any atom is -0.478 e. The molecule has 0 amide bonds. The minimum absolute atomic E-state index is 0.122. The van der Waals surface area contributed by atoms with Crippen molar-refractivity contribution in [3.05, 3.63) is 53.6 Å². The second kappa shape index (κ2) is 5.02. The van der Waals surface area contributed by atoms with Crippen molar-refractivity contribution in [3.63, 3.8) is 0 Å². The van der Waals surface area contributed by atoms with Gasteiger partial charge in [0.05, 0.1) is 16.9 Å². The van der Waals surface area contributed by atoms with Crippen molar-refractivity contribution < 1.29 is 9.90 Å². The summed E-state index contributed by atoms with van der Waals surface area (Å²) in [5.41, 5.74) is 9.13. The first-order valence-corrected chi connectivity index (χ1v) is 5.93. The fraction of sp³-hybridized carbons (Fsp3) is 0.133. The van der Waals surface area contributed by atoms with Crippen molar-refractivity contribution in [3.8, 4) is 0 Å². The second-order valence-corrected chi connectivity index (χ2v) is 4.44. The quantitative estimate of drug-likeness (QED) is 0.828. The van der Waals surface area contributed by atoms with Crippen molar-refractivity contribution in [1.82, 2.24) is 0 Å². The van der Waals surface area contributed by atoms with Crippen LogP contribution in [0.1, 0.15) is 15.9 Å². The van der Waals surface area contributed by atoms with E-state index < -0.39 is 5.97 Å². The molecule has 0 aliphatic carbocycles. The lowest BCUT2D eigenvalue weighted by atomic mass is 10.1. The summed E-state index contributed by atoms with van der Waals surface area (Å²) < 4.78 is 0. The number of aryl methyl sites for hydroxylation is 1. The molecule has 0 saturated carbocycles. The van der Waals surface area contributed by atoms with Gasteiger partial charge in [-0.15, -0.1) is 0 Å². The Kier molecular flexibility index (Phi) is 3.42. The van der Waals surface area contributed by atoms with E-state index in [0.717, 1.165) is 11.3 Å². The molecule has 0 atom stereocenters. The average molecular weight is 256 g/mol. The van der Waals surface area contributed by atoms with Crippen LogP contribution >= 0.6 is 0 Å². The molecular weight excluding hydrogens is 240 g/mol. The van der Waals surface area contributed by atoms with Crippen molar-refractivity contribution in [2.75, 3.05) is 17.7 Å². The summed E-state index contributed by atoms with van der Waals surface area (Å²) in [7, 11) is 1.87. The van der Waals surface area contributed by atoms with Crippen molar-refractivity contribution >= 4 is 23.0 Å². The summed E-state index contributed by atoms with van der Waals surface area (Å²) >= 11 is 0. The van der Waals surface area contributed by atoms with E-state index >= 15 is 0 Å². The molecule has 0 unspecified atom stereocenters. The number of hydrogen-bond donors (Lipinski definition) is 2. The van der Waals surface area contributed by atoms with E-state index in [1.54, 1.807) is 6.07 Å². The van der Waals surface area contributed by atoms with Crippen LogP contribution in [0.15, 0.2) is 42.5 Å². The molecule has 0 radical (unpaired) electrons. The summed E-state index contributed by atoms with van der Waals surface area (Å²) in [6, 6.07) is 13.0. The van der Waals surface area contributed by atoms with E-state index in [1.807, 2.05) is 49.2 Å². The molecule has 3 N–H and O–H groups in total. The molecule has 19 heavy (non-hydrogen) atoms. The number of benzene rings is 2. The third-order valence-electron chi connectivity index (χ3n) is 3.06. The monoisotopic (exact) mass is 256 g/mol. The molecule has 2 aromatic carbocycles. The topological polar surface area (TPSA) is 66.6 Å². The van der Waals surface area contributed by atoms with E-state index in [-0.39, 0.29) is 11.3 Å². The Morgan fingerprint density at radius 1 is 1.21 bits per heavy atom. The number of nitrogens with zero attached hydrogens (tertiary/aromatic N) is 1. The third-order valence-corrected chi connectivity index (χ3v) is 3.06. The molecule has 2 aromatic rings. The van der Waals surface area contributed by atoms with Gasteiger partial charge >= 0.3 is 5.97 Å². The highest BCUT2D eigenvalue weighted by Gasteiger charge is 2.14. The smallest absolute Gasteiger partial charge is 0.337 e. The van der Waals surface area contributed by atoms with Crippen LogP contribution in [0.2, 0.25) is 0 Å². The van der Waals surface area contributed by atoms with Crippen LogP contribution in [-0.4, -0.2) is 18.1 Å². The fourth-order valence-electron chi connectivity index (χ4n) is 2.01. The number of hydrogen-bond acceptors (Lipinski definition) is 3. The molecule has 0 fully saturated rings. The van der Waals surface area contributed by atoms with E-state index in [9.17, 15) is 4.79 Å². The average Bonchev–Trinajstić information content (AvgIpc) is 2.38. The molecule has 98 valence electrons. The summed E-state index contributed by atoms with van der Waals surface area (Å²) in [4.78, 5) is 13.0. The van der Waals surface area contributed by atoms with E-state index in [2.05, 4.69) is 0 Å². The molecule has 0 spiro atoms. The number of carbonyl (C=O) groups is 1. The number of anilines is 3. The maximum absolute atomic E-state index is 11.1. The Hall–Kier alpha value is -2.49. The van der Waals surface area contributed by atoms with Gasteiger partial charge in [0.2, 0.25) is 0 Å². The Morgan fingerprint density at radius 2 is 1.89 bits per heavy atom. The lowest BCUT2D eigenvalue weighted by Crippen LogP contribution is -2.14. The van der Waals surface area contributed by atoms with Gasteiger partial charge in [-0.1, -0.05) is 18.2 Å². The van der Waals surface area contributed by atoms with E-state index in [0.29, 0.717) is 5.69 Å². The number of carboxylic acid groups (broad SMARTS) is 1. The standard InChI is InChI=1S/C15H16N2O2/c1-10-5-3-6-11(9-10)17(2)13-8-4-7-12(14(13)16)15(18)19/h3-9H,16H2,1-2H3,(H,18,19). The van der Waals surface area contributed by atoms with Crippen LogP contribution in [0.4, 0.5) is 17.1 Å². The maximum atomic E-state index is 11.1. The van der Waals surface area contributed by atoms with Gasteiger partial charge in [-0.25, -0.2) is 4.79 Å². The molecule has 0 aliphatic heterocycles. The van der Waals surface area contributed by atoms with Gasteiger partial charge in [-0.05, 0) is 36.8 Å². The third kappa shape index (κ3) is 2.52. The molecule has 4 nitrogen and oxygen atoms in total. The predicted molar refractivity (Wildman–Crippen MR) is 77.1 cm³/mol. The molecule has 4 heteroatoms. The zero-order chi connectivity index (χ0) is 14.0. The van der Waals surface area contributed by atoms with Crippen LogP contribution in [0, 0.1) is 6.92 Å². The van der Waals surface area contributed by atoms with Gasteiger partial charge in [-0.3, -0.25) is 0 Å². The zero-order valence-electron chi connectivity index (χ0n) is 10.9. The van der Waals surface area contributed by atoms with Gasteiger partial charge in [0.15, 0.2) is 0 Å². The molecule has 0 aromatic heterocycles. The Morgan fingerprint density at radius 3 is 2.53 bits per heavy atom. The number of nitrogen functional groups attached to an aromatic ring is 1. The minimum atomic E-state index is -1.02. The van der Waals surface area contributed by atoms with E-state index in [1.165, 1.54) is 6.07 Å². The summed E-state index contributed by atoms with van der Waals surface area (Å²) in [6.07, 6.45) is 0. The lowest BCUT2D eigenvalue weighted by molar-refractivity contribution is 0.0698. The number of para-hydroxylation sites is 1. The molecule has 0 aliphatic rings. The first kappa shape index (κ1) is 13.0. The molecule has 0 heterocycles. The van der Waals surface area contributed by atoms with Crippen molar-refractivity contribution in [2.24, 2.45) is 0 Å². The number of nitrogens with two attached hydrogens (primary N) is 1. The Balaban J connectivity index is 2.47.